The van der Waals surface area contributed by atoms with Gasteiger partial charge in [0.2, 0.25) is 0 Å². The van der Waals surface area contributed by atoms with Crippen LogP contribution in [0.1, 0.15) is 35.1 Å². The minimum atomic E-state index is -0.703. The average Bonchev–Trinajstić information content (AvgIpc) is 2.77. The minimum Gasteiger partial charge on any atom is -0.496 e. The van der Waals surface area contributed by atoms with Gasteiger partial charge in [-0.15, -0.1) is 0 Å². The van der Waals surface area contributed by atoms with Crippen molar-refractivity contribution < 1.29 is 14.6 Å². The second kappa shape index (κ2) is 9.48. The van der Waals surface area contributed by atoms with Crippen LogP contribution in [0.2, 0.25) is 0 Å². The van der Waals surface area contributed by atoms with Crippen LogP contribution >= 0.6 is 0 Å². The highest BCUT2D eigenvalue weighted by Gasteiger charge is 2.33. The lowest BCUT2D eigenvalue weighted by atomic mass is 9.84. The Balaban J connectivity index is 1.38. The maximum absolute atomic E-state index is 11.2. The van der Waals surface area contributed by atoms with E-state index < -0.39 is 5.60 Å². The van der Waals surface area contributed by atoms with E-state index in [0.29, 0.717) is 0 Å². The zero-order valence-corrected chi connectivity index (χ0v) is 18.3. The van der Waals surface area contributed by atoms with Crippen LogP contribution in [-0.4, -0.2) is 61.4 Å². The molecular formula is C25H34N2O3. The van der Waals surface area contributed by atoms with E-state index in [1.807, 2.05) is 0 Å². The summed E-state index contributed by atoms with van der Waals surface area (Å²) in [6.07, 6.45) is 1.54. The van der Waals surface area contributed by atoms with Crippen LogP contribution in [0, 0.1) is 6.92 Å². The summed E-state index contributed by atoms with van der Waals surface area (Å²) in [5.74, 6) is 0.956. The number of ether oxygens (including phenoxy) is 2. The molecule has 1 N–H and O–H groups in total. The number of hydrogen-bond acceptors (Lipinski definition) is 5. The summed E-state index contributed by atoms with van der Waals surface area (Å²) in [6, 6.07) is 14.9. The lowest BCUT2D eigenvalue weighted by Crippen LogP contribution is -2.42. The van der Waals surface area contributed by atoms with E-state index in [9.17, 15) is 5.11 Å². The van der Waals surface area contributed by atoms with Gasteiger partial charge in [-0.3, -0.25) is 9.80 Å². The number of hydrogen-bond donors (Lipinski definition) is 1. The van der Waals surface area contributed by atoms with Crippen molar-refractivity contribution in [1.82, 2.24) is 9.80 Å². The molecule has 0 saturated carbocycles. The lowest BCUT2D eigenvalue weighted by Gasteiger charge is -2.38. The highest BCUT2D eigenvalue weighted by molar-refractivity contribution is 5.37. The molecule has 2 aliphatic rings. The monoisotopic (exact) mass is 410 g/mol. The Kier molecular flexibility index (Phi) is 6.74. The zero-order chi connectivity index (χ0) is 21.0. The van der Waals surface area contributed by atoms with Crippen LogP contribution in [0.3, 0.4) is 0 Å². The van der Waals surface area contributed by atoms with Crippen molar-refractivity contribution in [1.29, 1.82) is 0 Å². The summed E-state index contributed by atoms with van der Waals surface area (Å²) in [6.45, 7) is 9.23. The van der Waals surface area contributed by atoms with Gasteiger partial charge in [-0.2, -0.15) is 0 Å². The first kappa shape index (κ1) is 21.3. The fourth-order valence-electron chi connectivity index (χ4n) is 4.55. The van der Waals surface area contributed by atoms with Gasteiger partial charge in [0.1, 0.15) is 5.75 Å². The third-order valence-corrected chi connectivity index (χ3v) is 6.52. The maximum Gasteiger partial charge on any atom is 0.123 e. The lowest BCUT2D eigenvalue weighted by molar-refractivity contribution is -0.0277. The number of methoxy groups -OCH3 is 1. The van der Waals surface area contributed by atoms with Gasteiger partial charge < -0.3 is 14.6 Å². The number of benzene rings is 2. The highest BCUT2D eigenvalue weighted by atomic mass is 16.5. The number of nitrogens with zero attached hydrogens (tertiary/aromatic N) is 2. The highest BCUT2D eigenvalue weighted by Crippen LogP contribution is 2.33. The van der Waals surface area contributed by atoms with Crippen molar-refractivity contribution in [3.8, 4) is 5.75 Å². The largest absolute Gasteiger partial charge is 0.496 e. The minimum absolute atomic E-state index is 0.703. The Hall–Kier alpha value is -1.92. The van der Waals surface area contributed by atoms with Crippen LogP contribution < -0.4 is 4.74 Å². The normalized spacial score (nSPS) is 20.2. The van der Waals surface area contributed by atoms with Gasteiger partial charge in [0, 0.05) is 44.8 Å². The van der Waals surface area contributed by atoms with Gasteiger partial charge in [-0.05, 0) is 43.0 Å². The van der Waals surface area contributed by atoms with Gasteiger partial charge >= 0.3 is 0 Å². The number of aryl methyl sites for hydroxylation is 1. The molecule has 0 aliphatic carbocycles. The van der Waals surface area contributed by atoms with Crippen molar-refractivity contribution in [2.24, 2.45) is 0 Å². The summed E-state index contributed by atoms with van der Waals surface area (Å²) in [4.78, 5) is 4.87. The molecule has 2 aliphatic heterocycles. The molecule has 162 valence electrons. The molecule has 5 nitrogen and oxygen atoms in total. The first-order valence-electron chi connectivity index (χ1n) is 11.0. The molecule has 2 fully saturated rings. The molecule has 0 aromatic heterocycles. The third kappa shape index (κ3) is 5.03. The van der Waals surface area contributed by atoms with Gasteiger partial charge in [0.05, 0.1) is 25.9 Å². The number of aliphatic hydroxyl groups is 1. The summed E-state index contributed by atoms with van der Waals surface area (Å²) >= 11 is 0. The van der Waals surface area contributed by atoms with Crippen LogP contribution in [0.4, 0.5) is 0 Å². The van der Waals surface area contributed by atoms with Crippen molar-refractivity contribution in [2.75, 3.05) is 46.5 Å². The summed E-state index contributed by atoms with van der Waals surface area (Å²) in [5.41, 5.74) is 4.12. The van der Waals surface area contributed by atoms with Crippen LogP contribution in [0.15, 0.2) is 42.5 Å². The Labute approximate surface area is 180 Å². The first-order chi connectivity index (χ1) is 14.6. The van der Waals surface area contributed by atoms with E-state index in [1.54, 1.807) is 7.11 Å². The maximum atomic E-state index is 11.2. The fraction of sp³-hybridized carbons (Fsp3) is 0.520. The van der Waals surface area contributed by atoms with Crippen LogP contribution in [0.25, 0.3) is 0 Å². The topological polar surface area (TPSA) is 45.2 Å². The van der Waals surface area contributed by atoms with Crippen LogP contribution in [-0.2, 0) is 23.4 Å². The molecule has 0 amide bonds. The third-order valence-electron chi connectivity index (χ3n) is 6.52. The predicted octanol–water partition coefficient (Wildman–Crippen LogP) is 3.32. The van der Waals surface area contributed by atoms with E-state index in [0.717, 1.165) is 76.6 Å². The Morgan fingerprint density at radius 3 is 2.27 bits per heavy atom. The second-order valence-corrected chi connectivity index (χ2v) is 8.71. The van der Waals surface area contributed by atoms with E-state index in [1.165, 1.54) is 16.7 Å². The van der Waals surface area contributed by atoms with Gasteiger partial charge in [0.25, 0.3) is 0 Å². The number of rotatable bonds is 6. The van der Waals surface area contributed by atoms with Crippen molar-refractivity contribution >= 4 is 0 Å². The van der Waals surface area contributed by atoms with E-state index >= 15 is 0 Å². The molecule has 2 heterocycles. The molecular weight excluding hydrogens is 376 g/mol. The molecule has 0 bridgehead atoms. The molecule has 0 radical (unpaired) electrons. The zero-order valence-electron chi connectivity index (χ0n) is 18.3. The molecule has 4 rings (SSSR count). The van der Waals surface area contributed by atoms with E-state index in [2.05, 4.69) is 59.2 Å². The van der Waals surface area contributed by atoms with Crippen LogP contribution in [0.5, 0.6) is 5.75 Å². The second-order valence-electron chi connectivity index (χ2n) is 8.71. The van der Waals surface area contributed by atoms with Crippen molar-refractivity contribution in [3.05, 3.63) is 64.7 Å². The van der Waals surface area contributed by atoms with E-state index in [4.69, 9.17) is 9.47 Å². The molecule has 2 aromatic carbocycles. The molecule has 0 unspecified atom stereocenters. The molecule has 30 heavy (non-hydrogen) atoms. The fourth-order valence-corrected chi connectivity index (χ4v) is 4.55. The quantitative estimate of drug-likeness (QED) is 0.792. The van der Waals surface area contributed by atoms with Gasteiger partial charge in [-0.1, -0.05) is 35.9 Å². The standard InChI is InChI=1S/C25H34N2O3/c1-20-3-6-23(7-4-20)25(28)9-11-26(12-10-25)18-21-5-8-24(29-2)22(17-21)19-27-13-15-30-16-14-27/h3-8,17,28H,9-16,18-19H2,1-2H3. The first-order valence-corrected chi connectivity index (χ1v) is 11.0. The molecule has 5 heteroatoms. The Morgan fingerprint density at radius 1 is 0.933 bits per heavy atom. The average molecular weight is 411 g/mol. The van der Waals surface area contributed by atoms with Gasteiger partial charge in [-0.25, -0.2) is 0 Å². The predicted molar refractivity (Wildman–Crippen MR) is 119 cm³/mol. The van der Waals surface area contributed by atoms with E-state index in [-0.39, 0.29) is 0 Å². The Bertz CT molecular complexity index is 823. The Morgan fingerprint density at radius 2 is 1.60 bits per heavy atom. The summed E-state index contributed by atoms with van der Waals surface area (Å²) < 4.78 is 11.1. The summed E-state index contributed by atoms with van der Waals surface area (Å²) in [7, 11) is 1.74. The SMILES string of the molecule is COc1ccc(CN2CCC(O)(c3ccc(C)cc3)CC2)cc1CN1CCOCC1. The summed E-state index contributed by atoms with van der Waals surface area (Å²) in [5, 5.41) is 11.2. The van der Waals surface area contributed by atoms with Crippen molar-refractivity contribution in [3.63, 3.8) is 0 Å². The number of morpholine rings is 1. The number of likely N-dealkylation sites (tertiary alicyclic amines) is 1. The number of piperidine rings is 1. The molecule has 0 spiro atoms. The van der Waals surface area contributed by atoms with Crippen molar-refractivity contribution in [2.45, 2.75) is 38.5 Å². The molecule has 2 aromatic rings. The molecule has 2 saturated heterocycles. The van der Waals surface area contributed by atoms with Gasteiger partial charge in [0.15, 0.2) is 0 Å². The molecule has 0 atom stereocenters. The smallest absolute Gasteiger partial charge is 0.123 e.